The summed E-state index contributed by atoms with van der Waals surface area (Å²) in [4.78, 5) is 11.2. The number of carbonyl (C=O) groups excluding carboxylic acids is 1. The zero-order chi connectivity index (χ0) is 9.84. The van der Waals surface area contributed by atoms with E-state index in [1.54, 1.807) is 6.92 Å². The number of rotatable bonds is 2. The molecule has 13 heavy (non-hydrogen) atoms. The molecule has 3 N–H and O–H groups in total. The minimum atomic E-state index is -0.486. The van der Waals surface area contributed by atoms with Gasteiger partial charge in [-0.05, 0) is 26.2 Å². The molecular formula is C9H15N3O. The average Bonchev–Trinajstić information content (AvgIpc) is 2.51. The van der Waals surface area contributed by atoms with E-state index in [2.05, 4.69) is 11.4 Å². The highest BCUT2D eigenvalue weighted by molar-refractivity contribution is 5.81. The van der Waals surface area contributed by atoms with Gasteiger partial charge in [-0.15, -0.1) is 0 Å². The Labute approximate surface area is 78.1 Å². The van der Waals surface area contributed by atoms with Gasteiger partial charge >= 0.3 is 0 Å². The summed E-state index contributed by atoms with van der Waals surface area (Å²) in [5.41, 5.74) is 5.41. The Bertz CT molecular complexity index is 232. The molecule has 0 spiro atoms. The lowest BCUT2D eigenvalue weighted by molar-refractivity contribution is -0.122. The van der Waals surface area contributed by atoms with Crippen molar-refractivity contribution in [2.45, 2.75) is 38.3 Å². The Balaban J connectivity index is 2.45. The molecule has 0 aromatic carbocycles. The summed E-state index contributed by atoms with van der Waals surface area (Å²) in [5, 5.41) is 11.5. The van der Waals surface area contributed by atoms with Crippen molar-refractivity contribution < 1.29 is 4.79 Å². The summed E-state index contributed by atoms with van der Waals surface area (Å²) >= 11 is 0. The molecule has 1 aliphatic carbocycles. The molecule has 3 atom stereocenters. The largest absolute Gasteiger partial charge is 0.351 e. The second kappa shape index (κ2) is 4.24. The van der Waals surface area contributed by atoms with E-state index in [-0.39, 0.29) is 17.9 Å². The van der Waals surface area contributed by atoms with Crippen molar-refractivity contribution >= 4 is 5.91 Å². The number of nitrogens with two attached hydrogens (primary N) is 1. The topological polar surface area (TPSA) is 78.9 Å². The highest BCUT2D eigenvalue weighted by Crippen LogP contribution is 2.24. The predicted octanol–water partition coefficient (Wildman–Crippen LogP) is 0.142. The van der Waals surface area contributed by atoms with E-state index in [1.807, 2.05) is 0 Å². The Morgan fingerprint density at radius 1 is 1.69 bits per heavy atom. The zero-order valence-electron chi connectivity index (χ0n) is 7.79. The Kier molecular flexibility index (Phi) is 3.26. The summed E-state index contributed by atoms with van der Waals surface area (Å²) < 4.78 is 0. The SMILES string of the molecule is C[C@@H](N)C(=O)NC1CCCC1C#N. The van der Waals surface area contributed by atoms with Crippen LogP contribution in [0.5, 0.6) is 0 Å². The fraction of sp³-hybridized carbons (Fsp3) is 0.778. The van der Waals surface area contributed by atoms with Gasteiger partial charge in [0, 0.05) is 6.04 Å². The van der Waals surface area contributed by atoms with Crippen LogP contribution in [0.4, 0.5) is 0 Å². The maximum absolute atomic E-state index is 11.2. The molecule has 0 aromatic heterocycles. The van der Waals surface area contributed by atoms with Gasteiger partial charge in [0.15, 0.2) is 0 Å². The average molecular weight is 181 g/mol. The number of carbonyl (C=O) groups is 1. The predicted molar refractivity (Wildman–Crippen MR) is 48.5 cm³/mol. The smallest absolute Gasteiger partial charge is 0.236 e. The van der Waals surface area contributed by atoms with Crippen LogP contribution in [0, 0.1) is 17.2 Å². The molecule has 0 bridgehead atoms. The van der Waals surface area contributed by atoms with Crippen LogP contribution >= 0.6 is 0 Å². The Hall–Kier alpha value is -1.08. The summed E-state index contributed by atoms with van der Waals surface area (Å²) in [7, 11) is 0. The molecule has 4 heteroatoms. The van der Waals surface area contributed by atoms with Crippen molar-refractivity contribution in [1.29, 1.82) is 5.26 Å². The van der Waals surface area contributed by atoms with Gasteiger partial charge in [-0.1, -0.05) is 0 Å². The van der Waals surface area contributed by atoms with Gasteiger partial charge < -0.3 is 11.1 Å². The highest BCUT2D eigenvalue weighted by atomic mass is 16.2. The first-order valence-corrected chi connectivity index (χ1v) is 4.60. The van der Waals surface area contributed by atoms with E-state index < -0.39 is 6.04 Å². The normalized spacial score (nSPS) is 29.3. The van der Waals surface area contributed by atoms with Crippen molar-refractivity contribution in [2.75, 3.05) is 0 Å². The molecule has 1 amide bonds. The molecule has 0 aromatic rings. The molecule has 1 saturated carbocycles. The molecule has 1 rings (SSSR count). The second-order valence-corrected chi connectivity index (χ2v) is 3.57. The van der Waals surface area contributed by atoms with Gasteiger partial charge in [-0.25, -0.2) is 0 Å². The number of hydrogen-bond donors (Lipinski definition) is 2. The van der Waals surface area contributed by atoms with Gasteiger partial charge in [-0.2, -0.15) is 5.26 Å². The minimum Gasteiger partial charge on any atom is -0.351 e. The highest BCUT2D eigenvalue weighted by Gasteiger charge is 2.28. The molecule has 0 aliphatic heterocycles. The van der Waals surface area contributed by atoms with Crippen molar-refractivity contribution in [1.82, 2.24) is 5.32 Å². The van der Waals surface area contributed by atoms with E-state index in [4.69, 9.17) is 11.0 Å². The van der Waals surface area contributed by atoms with Crippen LogP contribution in [0.3, 0.4) is 0 Å². The van der Waals surface area contributed by atoms with E-state index in [0.29, 0.717) is 0 Å². The second-order valence-electron chi connectivity index (χ2n) is 3.57. The van der Waals surface area contributed by atoms with Crippen LogP contribution < -0.4 is 11.1 Å². The molecule has 0 heterocycles. The summed E-state index contributed by atoms with van der Waals surface area (Å²) in [6, 6.07) is 1.73. The molecule has 1 fully saturated rings. The van der Waals surface area contributed by atoms with Crippen molar-refractivity contribution in [3.63, 3.8) is 0 Å². The standard InChI is InChI=1S/C9H15N3O/c1-6(11)9(13)12-8-4-2-3-7(8)5-10/h6-8H,2-4,11H2,1H3,(H,12,13)/t6-,7?,8?/m1/s1. The van der Waals surface area contributed by atoms with Crippen LogP contribution in [0.25, 0.3) is 0 Å². The molecule has 0 radical (unpaired) electrons. The third-order valence-electron chi connectivity index (χ3n) is 2.42. The monoisotopic (exact) mass is 181 g/mol. The number of nitrogens with one attached hydrogen (secondary N) is 1. The summed E-state index contributed by atoms with van der Waals surface area (Å²) in [5.74, 6) is -0.185. The van der Waals surface area contributed by atoms with Crippen LogP contribution in [-0.4, -0.2) is 18.0 Å². The Morgan fingerprint density at radius 3 is 2.92 bits per heavy atom. The zero-order valence-corrected chi connectivity index (χ0v) is 7.79. The van der Waals surface area contributed by atoms with Gasteiger partial charge in [0.1, 0.15) is 0 Å². The van der Waals surface area contributed by atoms with Gasteiger partial charge in [0.25, 0.3) is 0 Å². The number of hydrogen-bond acceptors (Lipinski definition) is 3. The van der Waals surface area contributed by atoms with Crippen molar-refractivity contribution in [3.05, 3.63) is 0 Å². The number of amides is 1. The molecule has 0 saturated heterocycles. The van der Waals surface area contributed by atoms with Crippen LogP contribution in [0.2, 0.25) is 0 Å². The number of nitrogens with zero attached hydrogens (tertiary/aromatic N) is 1. The first-order chi connectivity index (χ1) is 6.15. The van der Waals surface area contributed by atoms with Gasteiger partial charge in [0.05, 0.1) is 18.0 Å². The van der Waals surface area contributed by atoms with Crippen molar-refractivity contribution in [3.8, 4) is 6.07 Å². The fourth-order valence-corrected chi connectivity index (χ4v) is 1.60. The Morgan fingerprint density at radius 2 is 2.38 bits per heavy atom. The third kappa shape index (κ3) is 2.43. The number of nitriles is 1. The molecule has 2 unspecified atom stereocenters. The quantitative estimate of drug-likeness (QED) is 0.636. The fourth-order valence-electron chi connectivity index (χ4n) is 1.60. The van der Waals surface area contributed by atoms with E-state index in [9.17, 15) is 4.79 Å². The lowest BCUT2D eigenvalue weighted by Crippen LogP contribution is -2.45. The summed E-state index contributed by atoms with van der Waals surface area (Å²) in [6.45, 7) is 1.64. The van der Waals surface area contributed by atoms with E-state index in [1.165, 1.54) is 0 Å². The summed E-state index contributed by atoms with van der Waals surface area (Å²) in [6.07, 6.45) is 2.80. The molecule has 4 nitrogen and oxygen atoms in total. The van der Waals surface area contributed by atoms with Crippen molar-refractivity contribution in [2.24, 2.45) is 11.7 Å². The maximum Gasteiger partial charge on any atom is 0.236 e. The van der Waals surface area contributed by atoms with Crippen LogP contribution in [-0.2, 0) is 4.79 Å². The molecule has 1 aliphatic rings. The van der Waals surface area contributed by atoms with E-state index in [0.717, 1.165) is 19.3 Å². The maximum atomic E-state index is 11.2. The van der Waals surface area contributed by atoms with Gasteiger partial charge in [-0.3, -0.25) is 4.79 Å². The minimum absolute atomic E-state index is 0.0171. The third-order valence-corrected chi connectivity index (χ3v) is 2.42. The lowest BCUT2D eigenvalue weighted by atomic mass is 10.1. The lowest BCUT2D eigenvalue weighted by Gasteiger charge is -2.16. The van der Waals surface area contributed by atoms with Crippen LogP contribution in [0.15, 0.2) is 0 Å². The van der Waals surface area contributed by atoms with E-state index >= 15 is 0 Å². The first-order valence-electron chi connectivity index (χ1n) is 4.60. The molecule has 72 valence electrons. The van der Waals surface area contributed by atoms with Gasteiger partial charge in [0.2, 0.25) is 5.91 Å². The first kappa shape index (κ1) is 10.0. The molecular weight excluding hydrogens is 166 g/mol. The van der Waals surface area contributed by atoms with Crippen LogP contribution in [0.1, 0.15) is 26.2 Å².